The van der Waals surface area contributed by atoms with Crippen molar-refractivity contribution < 1.29 is 14.3 Å². The summed E-state index contributed by atoms with van der Waals surface area (Å²) in [5.41, 5.74) is 3.82. The lowest BCUT2D eigenvalue weighted by Gasteiger charge is -2.32. The van der Waals surface area contributed by atoms with E-state index < -0.39 is 12.0 Å². The number of nitrogens with zero attached hydrogens (tertiary/aromatic N) is 5. The highest BCUT2D eigenvalue weighted by Gasteiger charge is 2.33. The van der Waals surface area contributed by atoms with Gasteiger partial charge >= 0.3 is 5.97 Å². The number of esters is 1. The van der Waals surface area contributed by atoms with Crippen LogP contribution in [-0.4, -0.2) is 50.1 Å². The number of methoxy groups -OCH3 is 1. The molecule has 0 N–H and O–H groups in total. The molecule has 0 unspecified atom stereocenters. The smallest absolute Gasteiger partial charge is 0.328 e. The van der Waals surface area contributed by atoms with Crippen LogP contribution in [0.5, 0.6) is 0 Å². The summed E-state index contributed by atoms with van der Waals surface area (Å²) in [6.45, 7) is 6.14. The van der Waals surface area contributed by atoms with E-state index in [0.717, 1.165) is 22.3 Å². The first-order chi connectivity index (χ1) is 15.8. The number of tetrazole rings is 1. The molecule has 0 aliphatic carbocycles. The molecule has 1 amide bonds. The molecule has 0 fully saturated rings. The lowest BCUT2D eigenvalue weighted by molar-refractivity contribution is -0.155. The highest BCUT2D eigenvalue weighted by atomic mass is 16.5. The normalized spacial score (nSPS) is 11.9. The molecule has 1 heterocycles. The number of aromatic nitrogens is 4. The monoisotopic (exact) mass is 449 g/mol. The molecule has 1 aromatic heterocycles. The summed E-state index contributed by atoms with van der Waals surface area (Å²) in [5, 5.41) is 12.4. The molecule has 0 saturated carbocycles. The predicted octanol–water partition coefficient (Wildman–Crippen LogP) is 3.87. The lowest BCUT2D eigenvalue weighted by Crippen LogP contribution is -2.48. The molecule has 33 heavy (non-hydrogen) atoms. The average molecular weight is 450 g/mol. The van der Waals surface area contributed by atoms with Gasteiger partial charge in [-0.25, -0.2) is 4.79 Å². The van der Waals surface area contributed by atoms with Gasteiger partial charge in [0.1, 0.15) is 6.04 Å². The molecule has 2 aromatic carbocycles. The van der Waals surface area contributed by atoms with E-state index in [-0.39, 0.29) is 11.8 Å². The van der Waals surface area contributed by atoms with E-state index in [1.165, 1.54) is 11.9 Å². The topological polar surface area (TPSA) is 90.2 Å². The van der Waals surface area contributed by atoms with E-state index in [1.807, 2.05) is 69.3 Å². The SMILES string of the molecule is CCCC(=O)N(Cc1ccc(-c2ccccc2-c2nnn(C)n2)cc1)[C@H](C(=O)OC)C(C)C. The molecule has 174 valence electrons. The van der Waals surface area contributed by atoms with Crippen LogP contribution in [-0.2, 0) is 27.9 Å². The van der Waals surface area contributed by atoms with Gasteiger partial charge in [-0.3, -0.25) is 4.79 Å². The second kappa shape index (κ2) is 10.8. The highest BCUT2D eigenvalue weighted by molar-refractivity contribution is 5.85. The first-order valence-corrected chi connectivity index (χ1v) is 11.2. The van der Waals surface area contributed by atoms with Gasteiger partial charge in [0.15, 0.2) is 0 Å². The standard InChI is InChI=1S/C25H31N5O3/c1-6-9-22(31)30(23(17(2)3)25(32)33-5)16-18-12-14-19(15-13-18)20-10-7-8-11-21(20)24-26-28-29(4)27-24/h7-8,10-15,17,23H,6,9,16H2,1-5H3/t23-/m0/s1. The number of hydrogen-bond donors (Lipinski definition) is 0. The zero-order valence-electron chi connectivity index (χ0n) is 19.9. The number of aryl methyl sites for hydroxylation is 1. The quantitative estimate of drug-likeness (QED) is 0.461. The third-order valence-electron chi connectivity index (χ3n) is 5.49. The fourth-order valence-corrected chi connectivity index (χ4v) is 3.89. The first-order valence-electron chi connectivity index (χ1n) is 11.2. The number of benzene rings is 2. The molecule has 8 heteroatoms. The predicted molar refractivity (Wildman–Crippen MR) is 126 cm³/mol. The molecule has 8 nitrogen and oxygen atoms in total. The second-order valence-electron chi connectivity index (χ2n) is 8.33. The van der Waals surface area contributed by atoms with Gasteiger partial charge in [-0.1, -0.05) is 69.3 Å². The number of amides is 1. The Morgan fingerprint density at radius 1 is 1.06 bits per heavy atom. The second-order valence-corrected chi connectivity index (χ2v) is 8.33. The summed E-state index contributed by atoms with van der Waals surface area (Å²) < 4.78 is 5.00. The third-order valence-corrected chi connectivity index (χ3v) is 5.49. The Balaban J connectivity index is 1.90. The molecule has 3 aromatic rings. The summed E-state index contributed by atoms with van der Waals surface area (Å²) in [7, 11) is 3.09. The largest absolute Gasteiger partial charge is 0.467 e. The van der Waals surface area contributed by atoms with E-state index >= 15 is 0 Å². The van der Waals surface area contributed by atoms with Gasteiger partial charge in [-0.2, -0.15) is 4.80 Å². The third kappa shape index (κ3) is 5.63. The van der Waals surface area contributed by atoms with Crippen LogP contribution in [0.15, 0.2) is 48.5 Å². The van der Waals surface area contributed by atoms with Crippen LogP contribution in [0.1, 0.15) is 39.2 Å². The fourth-order valence-electron chi connectivity index (χ4n) is 3.89. The molecule has 3 rings (SSSR count). The number of rotatable bonds is 9. The Bertz CT molecular complexity index is 1090. The Hall–Kier alpha value is -3.55. The first kappa shape index (κ1) is 24.1. The molecule has 1 atom stereocenters. The highest BCUT2D eigenvalue weighted by Crippen LogP contribution is 2.30. The number of hydrogen-bond acceptors (Lipinski definition) is 6. The van der Waals surface area contributed by atoms with Gasteiger partial charge in [0, 0.05) is 18.5 Å². The van der Waals surface area contributed by atoms with E-state index in [2.05, 4.69) is 15.4 Å². The summed E-state index contributed by atoms with van der Waals surface area (Å²) in [5.74, 6) is 0.0523. The van der Waals surface area contributed by atoms with Crippen LogP contribution in [0, 0.1) is 5.92 Å². The summed E-state index contributed by atoms with van der Waals surface area (Å²) in [4.78, 5) is 28.5. The minimum absolute atomic E-state index is 0.0512. The van der Waals surface area contributed by atoms with E-state index in [0.29, 0.717) is 25.2 Å². The number of carbonyl (C=O) groups is 2. The van der Waals surface area contributed by atoms with Gasteiger partial charge in [0.2, 0.25) is 11.7 Å². The van der Waals surface area contributed by atoms with Crippen molar-refractivity contribution in [1.29, 1.82) is 0 Å². The molecule has 0 aliphatic rings. The van der Waals surface area contributed by atoms with Crippen LogP contribution in [0.3, 0.4) is 0 Å². The molecule has 0 radical (unpaired) electrons. The Kier molecular flexibility index (Phi) is 7.92. The van der Waals surface area contributed by atoms with Gasteiger partial charge < -0.3 is 9.64 Å². The molecule has 0 bridgehead atoms. The average Bonchev–Trinajstić information content (AvgIpc) is 3.25. The Labute approximate surface area is 194 Å². The van der Waals surface area contributed by atoms with Crippen LogP contribution in [0.2, 0.25) is 0 Å². The van der Waals surface area contributed by atoms with Crippen molar-refractivity contribution in [2.75, 3.05) is 7.11 Å². The molecule has 0 spiro atoms. The van der Waals surface area contributed by atoms with Crippen LogP contribution >= 0.6 is 0 Å². The maximum absolute atomic E-state index is 12.9. The zero-order valence-corrected chi connectivity index (χ0v) is 19.9. The van der Waals surface area contributed by atoms with Gasteiger partial charge in [0.25, 0.3) is 0 Å². The van der Waals surface area contributed by atoms with Crippen molar-refractivity contribution in [2.45, 2.75) is 46.2 Å². The summed E-state index contributed by atoms with van der Waals surface area (Å²) >= 11 is 0. The Morgan fingerprint density at radius 3 is 2.27 bits per heavy atom. The van der Waals surface area contributed by atoms with Crippen molar-refractivity contribution >= 4 is 11.9 Å². The van der Waals surface area contributed by atoms with Gasteiger partial charge in [-0.15, -0.1) is 10.2 Å². The summed E-state index contributed by atoms with van der Waals surface area (Å²) in [6, 6.07) is 15.3. The van der Waals surface area contributed by atoms with Crippen LogP contribution < -0.4 is 0 Å². The van der Waals surface area contributed by atoms with Gasteiger partial charge in [-0.05, 0) is 34.2 Å². The van der Waals surface area contributed by atoms with Crippen molar-refractivity contribution in [3.05, 3.63) is 54.1 Å². The molecule has 0 aliphatic heterocycles. The van der Waals surface area contributed by atoms with Crippen molar-refractivity contribution in [3.8, 4) is 22.5 Å². The molecule has 0 saturated heterocycles. The van der Waals surface area contributed by atoms with Crippen molar-refractivity contribution in [3.63, 3.8) is 0 Å². The van der Waals surface area contributed by atoms with Crippen LogP contribution in [0.4, 0.5) is 0 Å². The van der Waals surface area contributed by atoms with Crippen LogP contribution in [0.25, 0.3) is 22.5 Å². The fraction of sp³-hybridized carbons (Fsp3) is 0.400. The minimum atomic E-state index is -0.628. The summed E-state index contributed by atoms with van der Waals surface area (Å²) in [6.07, 6.45) is 1.10. The maximum atomic E-state index is 12.9. The Morgan fingerprint density at radius 2 is 1.73 bits per heavy atom. The van der Waals surface area contributed by atoms with Crippen molar-refractivity contribution in [1.82, 2.24) is 25.1 Å². The molecular weight excluding hydrogens is 418 g/mol. The van der Waals surface area contributed by atoms with E-state index in [4.69, 9.17) is 4.74 Å². The molecular formula is C25H31N5O3. The van der Waals surface area contributed by atoms with Gasteiger partial charge in [0.05, 0.1) is 14.2 Å². The van der Waals surface area contributed by atoms with Crippen molar-refractivity contribution in [2.24, 2.45) is 13.0 Å². The number of carbonyl (C=O) groups excluding carboxylic acids is 2. The maximum Gasteiger partial charge on any atom is 0.328 e. The lowest BCUT2D eigenvalue weighted by atomic mass is 9.97. The minimum Gasteiger partial charge on any atom is -0.467 e. The van der Waals surface area contributed by atoms with E-state index in [1.54, 1.807) is 11.9 Å². The number of ether oxygens (including phenoxy) is 1. The van der Waals surface area contributed by atoms with E-state index in [9.17, 15) is 9.59 Å². The zero-order chi connectivity index (χ0) is 24.0.